The van der Waals surface area contributed by atoms with Crippen molar-refractivity contribution in [3.63, 3.8) is 0 Å². The van der Waals surface area contributed by atoms with E-state index >= 15 is 0 Å². The van der Waals surface area contributed by atoms with Crippen molar-refractivity contribution in [3.8, 4) is 0 Å². The lowest BCUT2D eigenvalue weighted by Crippen LogP contribution is -2.52. The molecule has 1 N–H and O–H groups in total. The molecule has 0 spiro atoms. The molecule has 1 fully saturated rings. The fourth-order valence-corrected chi connectivity index (χ4v) is 3.00. The van der Waals surface area contributed by atoms with Crippen molar-refractivity contribution in [1.82, 2.24) is 10.2 Å². The molecule has 0 radical (unpaired) electrons. The van der Waals surface area contributed by atoms with Gasteiger partial charge in [-0.05, 0) is 38.5 Å². The fourth-order valence-electron chi connectivity index (χ4n) is 3.00. The number of rotatable bonds is 1. The zero-order chi connectivity index (χ0) is 16.0. The van der Waals surface area contributed by atoms with Crippen LogP contribution in [0.4, 0.5) is 4.39 Å². The summed E-state index contributed by atoms with van der Waals surface area (Å²) in [6.45, 7) is 3.67. The summed E-state index contributed by atoms with van der Waals surface area (Å²) in [5.74, 6) is -1.72. The van der Waals surface area contributed by atoms with Gasteiger partial charge in [0.2, 0.25) is 11.8 Å². The number of amides is 3. The lowest BCUT2D eigenvalue weighted by Gasteiger charge is -2.31. The third-order valence-electron chi connectivity index (χ3n) is 3.92. The normalized spacial score (nSPS) is 21.0. The highest BCUT2D eigenvalue weighted by Crippen LogP contribution is 2.38. The zero-order valence-corrected chi connectivity index (χ0v) is 12.3. The Morgan fingerprint density at radius 1 is 1.23 bits per heavy atom. The predicted octanol–water partition coefficient (Wildman–Crippen LogP) is 1.84. The van der Waals surface area contributed by atoms with Gasteiger partial charge in [0.25, 0.3) is 5.91 Å². The molecule has 5 nitrogen and oxygen atoms in total. The minimum absolute atomic E-state index is 0.181. The Morgan fingerprint density at radius 3 is 2.59 bits per heavy atom. The molecule has 114 valence electrons. The minimum atomic E-state index is -0.745. The van der Waals surface area contributed by atoms with Gasteiger partial charge in [-0.2, -0.15) is 0 Å². The molecule has 1 saturated heterocycles. The number of nitrogens with one attached hydrogen (secondary N) is 1. The van der Waals surface area contributed by atoms with E-state index in [1.165, 1.54) is 17.0 Å². The molecule has 2 aliphatic heterocycles. The largest absolute Gasteiger partial charge is 0.295 e. The molecule has 3 amide bonds. The van der Waals surface area contributed by atoms with Gasteiger partial charge in [0.15, 0.2) is 0 Å². The SMILES string of the molecule is CC(C)=C1c2ccc(F)cc2C(=O)N1C1CCC(=O)NC1=O. The molecule has 0 aromatic heterocycles. The van der Waals surface area contributed by atoms with Crippen molar-refractivity contribution in [2.75, 3.05) is 0 Å². The Balaban J connectivity index is 2.09. The van der Waals surface area contributed by atoms with Gasteiger partial charge in [-0.25, -0.2) is 4.39 Å². The van der Waals surface area contributed by atoms with Gasteiger partial charge in [0.05, 0.1) is 11.3 Å². The molecule has 1 aromatic carbocycles. The van der Waals surface area contributed by atoms with Crippen LogP contribution in [-0.4, -0.2) is 28.7 Å². The average molecular weight is 302 g/mol. The van der Waals surface area contributed by atoms with E-state index in [2.05, 4.69) is 5.32 Å². The van der Waals surface area contributed by atoms with E-state index in [4.69, 9.17) is 0 Å². The second kappa shape index (κ2) is 5.05. The number of benzene rings is 1. The molecule has 2 aliphatic rings. The molecule has 1 atom stereocenters. The molecule has 1 unspecified atom stereocenters. The molecule has 6 heteroatoms. The van der Waals surface area contributed by atoms with Gasteiger partial charge in [-0.15, -0.1) is 0 Å². The van der Waals surface area contributed by atoms with Crippen molar-refractivity contribution < 1.29 is 18.8 Å². The number of allylic oxidation sites excluding steroid dienone is 1. The first-order chi connectivity index (χ1) is 10.4. The maximum atomic E-state index is 13.4. The predicted molar refractivity (Wildman–Crippen MR) is 77.0 cm³/mol. The monoisotopic (exact) mass is 302 g/mol. The summed E-state index contributed by atoms with van der Waals surface area (Å²) in [7, 11) is 0. The number of fused-ring (bicyclic) bond motifs is 1. The molecule has 0 bridgehead atoms. The van der Waals surface area contributed by atoms with Crippen LogP contribution in [0.1, 0.15) is 42.6 Å². The first-order valence-electron chi connectivity index (χ1n) is 7.05. The van der Waals surface area contributed by atoms with Crippen LogP contribution in [0.15, 0.2) is 23.8 Å². The van der Waals surface area contributed by atoms with Crippen molar-refractivity contribution in [2.45, 2.75) is 32.7 Å². The van der Waals surface area contributed by atoms with Crippen molar-refractivity contribution in [1.29, 1.82) is 0 Å². The van der Waals surface area contributed by atoms with Crippen molar-refractivity contribution in [3.05, 3.63) is 40.7 Å². The topological polar surface area (TPSA) is 66.5 Å². The summed E-state index contributed by atoms with van der Waals surface area (Å²) in [6, 6.07) is 3.29. The zero-order valence-electron chi connectivity index (χ0n) is 12.3. The van der Waals surface area contributed by atoms with E-state index in [-0.39, 0.29) is 24.3 Å². The van der Waals surface area contributed by atoms with Crippen molar-refractivity contribution in [2.24, 2.45) is 0 Å². The number of halogens is 1. The molecule has 0 saturated carbocycles. The van der Waals surface area contributed by atoms with Crippen LogP contribution in [-0.2, 0) is 9.59 Å². The smallest absolute Gasteiger partial charge is 0.259 e. The van der Waals surface area contributed by atoms with E-state index in [0.29, 0.717) is 11.3 Å². The number of carbonyl (C=O) groups is 3. The molecule has 2 heterocycles. The van der Waals surface area contributed by atoms with Gasteiger partial charge in [0, 0.05) is 12.0 Å². The highest BCUT2D eigenvalue weighted by Gasteiger charge is 2.42. The molecular weight excluding hydrogens is 287 g/mol. The molecular formula is C16H15FN2O3. The number of carbonyl (C=O) groups excluding carboxylic acids is 3. The quantitative estimate of drug-likeness (QED) is 0.805. The Morgan fingerprint density at radius 2 is 1.95 bits per heavy atom. The summed E-state index contributed by atoms with van der Waals surface area (Å²) < 4.78 is 13.4. The summed E-state index contributed by atoms with van der Waals surface area (Å²) in [6.07, 6.45) is 0.449. The summed E-state index contributed by atoms with van der Waals surface area (Å²) >= 11 is 0. The van der Waals surface area contributed by atoms with Gasteiger partial charge < -0.3 is 0 Å². The van der Waals surface area contributed by atoms with E-state index in [0.717, 1.165) is 5.57 Å². The van der Waals surface area contributed by atoms with Crippen LogP contribution >= 0.6 is 0 Å². The first-order valence-corrected chi connectivity index (χ1v) is 7.05. The highest BCUT2D eigenvalue weighted by molar-refractivity contribution is 6.13. The van der Waals surface area contributed by atoms with Gasteiger partial charge in [0.1, 0.15) is 11.9 Å². The maximum absolute atomic E-state index is 13.4. The third-order valence-corrected chi connectivity index (χ3v) is 3.92. The number of nitrogens with zero attached hydrogens (tertiary/aromatic N) is 1. The Labute approximate surface area is 126 Å². The first kappa shape index (κ1) is 14.4. The van der Waals surface area contributed by atoms with E-state index in [1.807, 2.05) is 13.8 Å². The Bertz CT molecular complexity index is 735. The number of imide groups is 1. The van der Waals surface area contributed by atoms with E-state index < -0.39 is 23.7 Å². The second-order valence-corrected chi connectivity index (χ2v) is 5.68. The summed E-state index contributed by atoms with van der Waals surface area (Å²) in [5.41, 5.74) is 2.34. The maximum Gasteiger partial charge on any atom is 0.259 e. The summed E-state index contributed by atoms with van der Waals surface area (Å²) in [5, 5.41) is 2.26. The Kier molecular flexibility index (Phi) is 3.31. The molecule has 0 aliphatic carbocycles. The van der Waals surface area contributed by atoms with Gasteiger partial charge >= 0.3 is 0 Å². The van der Waals surface area contributed by atoms with Crippen LogP contribution < -0.4 is 5.32 Å². The highest BCUT2D eigenvalue weighted by atomic mass is 19.1. The van der Waals surface area contributed by atoms with Crippen LogP contribution in [0, 0.1) is 5.82 Å². The van der Waals surface area contributed by atoms with Gasteiger partial charge in [-0.3, -0.25) is 24.6 Å². The lowest BCUT2D eigenvalue weighted by atomic mass is 10.0. The molecule has 22 heavy (non-hydrogen) atoms. The number of hydrogen-bond donors (Lipinski definition) is 1. The average Bonchev–Trinajstić information content (AvgIpc) is 2.72. The van der Waals surface area contributed by atoms with Crippen LogP contribution in [0.3, 0.4) is 0 Å². The fraction of sp³-hybridized carbons (Fsp3) is 0.312. The van der Waals surface area contributed by atoms with Crippen LogP contribution in [0.5, 0.6) is 0 Å². The third kappa shape index (κ3) is 2.11. The molecule has 3 rings (SSSR count). The summed E-state index contributed by atoms with van der Waals surface area (Å²) in [4.78, 5) is 37.4. The van der Waals surface area contributed by atoms with Gasteiger partial charge in [-0.1, -0.05) is 5.57 Å². The minimum Gasteiger partial charge on any atom is -0.295 e. The molecule has 1 aromatic rings. The standard InChI is InChI=1S/C16H15FN2O3/c1-8(2)14-10-4-3-9(17)7-11(10)16(22)19(14)12-5-6-13(20)18-15(12)21/h3-4,7,12H,5-6H2,1-2H3,(H,18,20,21). The Hall–Kier alpha value is -2.50. The number of hydrogen-bond acceptors (Lipinski definition) is 3. The van der Waals surface area contributed by atoms with E-state index in [9.17, 15) is 18.8 Å². The van der Waals surface area contributed by atoms with E-state index in [1.54, 1.807) is 6.07 Å². The van der Waals surface area contributed by atoms with Crippen LogP contribution in [0.25, 0.3) is 5.70 Å². The lowest BCUT2D eigenvalue weighted by molar-refractivity contribution is -0.136. The number of piperidine rings is 1. The van der Waals surface area contributed by atoms with Crippen LogP contribution in [0.2, 0.25) is 0 Å². The van der Waals surface area contributed by atoms with Crippen molar-refractivity contribution >= 4 is 23.4 Å². The second-order valence-electron chi connectivity index (χ2n) is 5.68.